The van der Waals surface area contributed by atoms with Crippen molar-refractivity contribution in [2.24, 2.45) is 0 Å². The predicted octanol–water partition coefficient (Wildman–Crippen LogP) is 4.66. The molecule has 0 fully saturated rings. The number of thiophene rings is 1. The first-order chi connectivity index (χ1) is 15.1. The molecule has 0 spiro atoms. The first-order valence-electron chi connectivity index (χ1n) is 10.3. The van der Waals surface area contributed by atoms with Crippen LogP contribution in [0.15, 0.2) is 63.6 Å². The van der Waals surface area contributed by atoms with Gasteiger partial charge in [-0.2, -0.15) is 0 Å². The lowest BCUT2D eigenvalue weighted by Gasteiger charge is -2.34. The number of aryl methyl sites for hydroxylation is 1. The summed E-state index contributed by atoms with van der Waals surface area (Å²) >= 11 is 1.59. The van der Waals surface area contributed by atoms with E-state index >= 15 is 0 Å². The van der Waals surface area contributed by atoms with Gasteiger partial charge in [0.05, 0.1) is 24.0 Å². The molecule has 1 aliphatic carbocycles. The number of nitrogens with one attached hydrogen (secondary N) is 2. The number of nitrogens with zero attached hydrogens (tertiary/aromatic N) is 2. The van der Waals surface area contributed by atoms with Crippen LogP contribution >= 0.6 is 11.3 Å². The third-order valence-electron chi connectivity index (χ3n) is 5.56. The smallest absolute Gasteiger partial charge is 0.245 e. The SMILES string of the molecule is Cc1cc(NC(=O)CN2c3ccccc3NC3=C(C(=O)CCC3)[C@@H]2c2cccs2)no1. The van der Waals surface area contributed by atoms with Crippen LogP contribution in [-0.4, -0.2) is 23.4 Å². The fourth-order valence-corrected chi connectivity index (χ4v) is 5.12. The number of hydrogen-bond donors (Lipinski definition) is 2. The second-order valence-electron chi connectivity index (χ2n) is 7.73. The molecule has 1 aromatic carbocycles. The first kappa shape index (κ1) is 19.6. The van der Waals surface area contributed by atoms with E-state index in [0.29, 0.717) is 18.0 Å². The number of anilines is 3. The Morgan fingerprint density at radius 1 is 1.29 bits per heavy atom. The number of fused-ring (bicyclic) bond motifs is 1. The second kappa shape index (κ2) is 8.03. The van der Waals surface area contributed by atoms with Crippen LogP contribution < -0.4 is 15.5 Å². The number of allylic oxidation sites excluding steroid dienone is 1. The molecule has 1 amide bonds. The van der Waals surface area contributed by atoms with Crippen LogP contribution in [0.3, 0.4) is 0 Å². The lowest BCUT2D eigenvalue weighted by molar-refractivity contribution is -0.117. The van der Waals surface area contributed by atoms with Gasteiger partial charge in [0.2, 0.25) is 5.91 Å². The Morgan fingerprint density at radius 2 is 2.16 bits per heavy atom. The zero-order valence-corrected chi connectivity index (χ0v) is 17.9. The molecule has 0 radical (unpaired) electrons. The van der Waals surface area contributed by atoms with Crippen molar-refractivity contribution in [3.63, 3.8) is 0 Å². The van der Waals surface area contributed by atoms with Crippen LogP contribution in [0.4, 0.5) is 17.2 Å². The standard InChI is InChI=1S/C23H22N4O3S/c1-14-12-20(26-30-14)25-21(29)13-27-17-8-3-2-6-15(17)24-16-7-4-9-18(28)22(16)23(27)19-10-5-11-31-19/h2-3,5-6,8,10-12,23-24H,4,7,9,13H2,1H3,(H,25,26,29)/t23-/m0/s1. The maximum Gasteiger partial charge on any atom is 0.245 e. The van der Waals surface area contributed by atoms with Gasteiger partial charge in [0.1, 0.15) is 5.76 Å². The van der Waals surface area contributed by atoms with Gasteiger partial charge >= 0.3 is 0 Å². The summed E-state index contributed by atoms with van der Waals surface area (Å²) in [5, 5.41) is 12.2. The molecule has 5 rings (SSSR count). The average Bonchev–Trinajstić information content (AvgIpc) is 3.39. The van der Waals surface area contributed by atoms with E-state index < -0.39 is 0 Å². The minimum atomic E-state index is -0.330. The summed E-state index contributed by atoms with van der Waals surface area (Å²) < 4.78 is 5.06. The Hall–Kier alpha value is -3.39. The molecular formula is C23H22N4O3S. The van der Waals surface area contributed by atoms with Gasteiger partial charge in [-0.1, -0.05) is 23.4 Å². The summed E-state index contributed by atoms with van der Waals surface area (Å²) in [5.74, 6) is 0.915. The van der Waals surface area contributed by atoms with Crippen molar-refractivity contribution in [1.29, 1.82) is 0 Å². The highest BCUT2D eigenvalue weighted by molar-refractivity contribution is 7.10. The van der Waals surface area contributed by atoms with E-state index in [4.69, 9.17) is 4.52 Å². The number of carbonyl (C=O) groups excluding carboxylic acids is 2. The van der Waals surface area contributed by atoms with E-state index in [9.17, 15) is 9.59 Å². The number of amides is 1. The van der Waals surface area contributed by atoms with Gasteiger partial charge in [0.25, 0.3) is 0 Å². The zero-order chi connectivity index (χ0) is 21.4. The third kappa shape index (κ3) is 3.74. The Bertz CT molecular complexity index is 1170. The van der Waals surface area contributed by atoms with Crippen LogP contribution in [0.1, 0.15) is 35.9 Å². The fraction of sp³-hybridized carbons (Fsp3) is 0.261. The van der Waals surface area contributed by atoms with Crippen molar-refractivity contribution in [1.82, 2.24) is 5.16 Å². The van der Waals surface area contributed by atoms with E-state index in [2.05, 4.69) is 15.8 Å². The normalized spacial score (nSPS) is 18.2. The van der Waals surface area contributed by atoms with E-state index in [-0.39, 0.29) is 24.3 Å². The molecule has 1 atom stereocenters. The molecule has 2 N–H and O–H groups in total. The molecule has 2 aliphatic rings. The van der Waals surface area contributed by atoms with Gasteiger partial charge < -0.3 is 20.1 Å². The number of carbonyl (C=O) groups is 2. The van der Waals surface area contributed by atoms with Crippen molar-refractivity contribution < 1.29 is 14.1 Å². The summed E-state index contributed by atoms with van der Waals surface area (Å²) in [6.45, 7) is 1.84. The number of Topliss-reactive ketones (excluding diaryl/α,β-unsaturated/α-hetero) is 1. The molecule has 3 aromatic rings. The molecule has 158 valence electrons. The topological polar surface area (TPSA) is 87.5 Å². The van der Waals surface area contributed by atoms with Gasteiger partial charge in [-0.05, 0) is 43.3 Å². The van der Waals surface area contributed by atoms with Gasteiger partial charge in [-0.3, -0.25) is 9.59 Å². The quantitative estimate of drug-likeness (QED) is 0.621. The highest BCUT2D eigenvalue weighted by atomic mass is 32.1. The zero-order valence-electron chi connectivity index (χ0n) is 17.1. The van der Waals surface area contributed by atoms with Crippen molar-refractivity contribution in [2.45, 2.75) is 32.2 Å². The lowest BCUT2D eigenvalue weighted by atomic mass is 9.88. The monoisotopic (exact) mass is 434 g/mol. The summed E-state index contributed by atoms with van der Waals surface area (Å²) in [5.41, 5.74) is 3.50. The number of para-hydroxylation sites is 2. The van der Waals surface area contributed by atoms with E-state index in [1.807, 2.05) is 46.7 Å². The Balaban J connectivity index is 1.59. The van der Waals surface area contributed by atoms with Crippen molar-refractivity contribution in [3.05, 3.63) is 69.8 Å². The molecular weight excluding hydrogens is 412 g/mol. The maximum absolute atomic E-state index is 13.1. The highest BCUT2D eigenvalue weighted by Gasteiger charge is 2.37. The molecule has 2 aromatic heterocycles. The largest absolute Gasteiger partial charge is 0.360 e. The first-order valence-corrected chi connectivity index (χ1v) is 11.1. The lowest BCUT2D eigenvalue weighted by Crippen LogP contribution is -2.38. The molecule has 0 saturated heterocycles. The van der Waals surface area contributed by atoms with Gasteiger partial charge in [-0.25, -0.2) is 0 Å². The number of aromatic nitrogens is 1. The Kier molecular flexibility index (Phi) is 5.07. The molecule has 0 bridgehead atoms. The predicted molar refractivity (Wildman–Crippen MR) is 120 cm³/mol. The second-order valence-corrected chi connectivity index (χ2v) is 8.71. The number of ketones is 1. The summed E-state index contributed by atoms with van der Waals surface area (Å²) in [6.07, 6.45) is 2.17. The van der Waals surface area contributed by atoms with Crippen molar-refractivity contribution in [2.75, 3.05) is 22.1 Å². The summed E-state index contributed by atoms with van der Waals surface area (Å²) in [7, 11) is 0. The summed E-state index contributed by atoms with van der Waals surface area (Å²) in [6, 6.07) is 13.2. The summed E-state index contributed by atoms with van der Waals surface area (Å²) in [4.78, 5) is 29.2. The number of benzene rings is 1. The van der Waals surface area contributed by atoms with Crippen molar-refractivity contribution >= 4 is 40.2 Å². The average molecular weight is 435 g/mol. The van der Waals surface area contributed by atoms with Crippen LogP contribution in [0.25, 0.3) is 0 Å². The van der Waals surface area contributed by atoms with Gasteiger partial charge in [0, 0.05) is 28.6 Å². The Morgan fingerprint density at radius 3 is 2.94 bits per heavy atom. The highest BCUT2D eigenvalue weighted by Crippen LogP contribution is 2.45. The molecule has 0 unspecified atom stereocenters. The molecule has 0 saturated carbocycles. The van der Waals surface area contributed by atoms with Crippen LogP contribution in [0, 0.1) is 6.92 Å². The van der Waals surface area contributed by atoms with E-state index in [1.54, 1.807) is 24.3 Å². The van der Waals surface area contributed by atoms with Gasteiger partial charge in [0.15, 0.2) is 11.6 Å². The minimum absolute atomic E-state index is 0.0667. The minimum Gasteiger partial charge on any atom is -0.360 e. The van der Waals surface area contributed by atoms with Crippen LogP contribution in [0.2, 0.25) is 0 Å². The van der Waals surface area contributed by atoms with E-state index in [1.165, 1.54) is 0 Å². The van der Waals surface area contributed by atoms with Crippen LogP contribution in [-0.2, 0) is 9.59 Å². The Labute approximate surface area is 183 Å². The maximum atomic E-state index is 13.1. The van der Waals surface area contributed by atoms with Crippen molar-refractivity contribution in [3.8, 4) is 0 Å². The molecule has 7 nitrogen and oxygen atoms in total. The number of hydrogen-bond acceptors (Lipinski definition) is 7. The van der Waals surface area contributed by atoms with Crippen LogP contribution in [0.5, 0.6) is 0 Å². The molecule has 31 heavy (non-hydrogen) atoms. The molecule has 1 aliphatic heterocycles. The third-order valence-corrected chi connectivity index (χ3v) is 6.49. The molecule has 3 heterocycles. The van der Waals surface area contributed by atoms with Gasteiger partial charge in [-0.15, -0.1) is 11.3 Å². The number of rotatable bonds is 4. The van der Waals surface area contributed by atoms with E-state index in [0.717, 1.165) is 40.4 Å². The fourth-order valence-electron chi connectivity index (χ4n) is 4.28. The molecule has 8 heteroatoms.